The van der Waals surface area contributed by atoms with Gasteiger partial charge in [0, 0.05) is 48.9 Å². The lowest BCUT2D eigenvalue weighted by atomic mass is 9.80. The Bertz CT molecular complexity index is 1930. The number of β-amino-alcohol motifs (C(OH)–C–C–N with tert-alkyl or cyclic N) is 1. The van der Waals surface area contributed by atoms with Crippen molar-refractivity contribution in [2.45, 2.75) is 42.3 Å². The molecular formula is C32H33ClF3N3O9S. The second-order valence-electron chi connectivity index (χ2n) is 11.6. The summed E-state index contributed by atoms with van der Waals surface area (Å²) in [4.78, 5) is 30.9. The van der Waals surface area contributed by atoms with Gasteiger partial charge in [-0.2, -0.15) is 0 Å². The number of alkyl halides is 3. The highest BCUT2D eigenvalue weighted by molar-refractivity contribution is 7.93. The van der Waals surface area contributed by atoms with Gasteiger partial charge in [-0.1, -0.05) is 23.2 Å². The molecule has 3 aromatic rings. The molecule has 0 aromatic heterocycles. The van der Waals surface area contributed by atoms with E-state index in [0.29, 0.717) is 15.9 Å². The van der Waals surface area contributed by atoms with Crippen LogP contribution in [0.1, 0.15) is 23.1 Å². The van der Waals surface area contributed by atoms with Crippen molar-refractivity contribution in [3.8, 4) is 23.0 Å². The fourth-order valence-electron chi connectivity index (χ4n) is 6.46. The van der Waals surface area contributed by atoms with Crippen LogP contribution in [0.5, 0.6) is 23.0 Å². The third-order valence-corrected chi connectivity index (χ3v) is 10.3. The number of carbonyl (C=O) groups is 2. The van der Waals surface area contributed by atoms with Gasteiger partial charge in [0.2, 0.25) is 11.7 Å². The van der Waals surface area contributed by atoms with Crippen LogP contribution in [0.25, 0.3) is 0 Å². The molecule has 5 rings (SSSR count). The number of anilines is 1. The maximum Gasteiger partial charge on any atom is 0.573 e. The normalized spacial score (nSPS) is 21.0. The molecule has 1 fully saturated rings. The van der Waals surface area contributed by atoms with E-state index >= 15 is 4.79 Å². The van der Waals surface area contributed by atoms with Crippen LogP contribution in [0.3, 0.4) is 0 Å². The minimum atomic E-state index is -5.26. The fourth-order valence-corrected chi connectivity index (χ4v) is 8.12. The Hall–Kier alpha value is -4.25. The van der Waals surface area contributed by atoms with Gasteiger partial charge in [-0.3, -0.25) is 14.5 Å². The molecule has 3 atom stereocenters. The van der Waals surface area contributed by atoms with E-state index in [-0.39, 0.29) is 40.6 Å². The van der Waals surface area contributed by atoms with E-state index in [2.05, 4.69) is 4.74 Å². The number of sulfonamides is 1. The number of rotatable bonds is 9. The van der Waals surface area contributed by atoms with Crippen LogP contribution >= 0.6 is 11.6 Å². The Morgan fingerprint density at radius 3 is 2.22 bits per heavy atom. The monoisotopic (exact) mass is 727 g/mol. The number of nitrogens with zero attached hydrogens (tertiary/aromatic N) is 3. The lowest BCUT2D eigenvalue weighted by molar-refractivity contribution is -0.275. The number of hydrogen-bond acceptors (Lipinski definition) is 10. The van der Waals surface area contributed by atoms with Gasteiger partial charge >= 0.3 is 6.36 Å². The van der Waals surface area contributed by atoms with Crippen molar-refractivity contribution in [3.63, 3.8) is 0 Å². The number of likely N-dealkylation sites (tertiary alicyclic amines) is 1. The first-order chi connectivity index (χ1) is 22.9. The maximum absolute atomic E-state index is 15.4. The highest BCUT2D eigenvalue weighted by Gasteiger charge is 2.64. The molecule has 17 heteroatoms. The van der Waals surface area contributed by atoms with Crippen molar-refractivity contribution >= 4 is 39.1 Å². The van der Waals surface area contributed by atoms with E-state index in [1.165, 1.54) is 49.2 Å². The average Bonchev–Trinajstić information content (AvgIpc) is 3.53. The van der Waals surface area contributed by atoms with Crippen LogP contribution in [-0.2, 0) is 25.2 Å². The predicted molar refractivity (Wildman–Crippen MR) is 171 cm³/mol. The third kappa shape index (κ3) is 6.00. The molecule has 2 heterocycles. The number of carbonyl (C=O) groups excluding carboxylic acids is 2. The first kappa shape index (κ1) is 36.0. The number of aliphatic hydroxyl groups is 1. The molecule has 2 aliphatic rings. The SMILES string of the molecule is COc1ccc(C)cc1C1(N2C[C@H](O)C[C@H]2C(=O)N(C)C)C(=O)N(S(=O)(=O)c2cc(OC)c(OC)c(OC(F)(F)F)c2)c2ccc(Cl)cc21. The number of benzene rings is 3. The number of aryl methyl sites for hydroxylation is 1. The van der Waals surface area contributed by atoms with Gasteiger partial charge in [-0.25, -0.2) is 12.7 Å². The molecule has 0 spiro atoms. The van der Waals surface area contributed by atoms with Gasteiger partial charge in [0.15, 0.2) is 17.0 Å². The standard InChI is InChI=1S/C32H33ClF3N3O9S/c1-17-7-10-25(45-4)22(11-17)31(38-16-19(40)13-24(38)29(41)37(2)3)21-12-18(33)8-9-23(21)39(30(31)42)49(43,44)20-14-26(46-5)28(47-6)27(15-20)48-32(34,35)36/h7-12,14-15,19,24,40H,13,16H2,1-6H3/t19-,24+,31?/m1/s1. The van der Waals surface area contributed by atoms with E-state index in [4.69, 9.17) is 25.8 Å². The first-order valence-electron chi connectivity index (χ1n) is 14.6. The van der Waals surface area contributed by atoms with Crippen LogP contribution in [0, 0.1) is 6.92 Å². The number of ether oxygens (including phenoxy) is 4. The Kier molecular flexibility index (Phi) is 9.48. The molecule has 0 saturated carbocycles. The fraction of sp³-hybridized carbons (Fsp3) is 0.375. The molecule has 1 unspecified atom stereocenters. The van der Waals surface area contributed by atoms with Gasteiger partial charge in [0.25, 0.3) is 15.9 Å². The number of aliphatic hydroxyl groups excluding tert-OH is 1. The minimum absolute atomic E-state index is 0.0235. The van der Waals surface area contributed by atoms with Crippen molar-refractivity contribution in [2.24, 2.45) is 0 Å². The zero-order chi connectivity index (χ0) is 36.2. The van der Waals surface area contributed by atoms with Crippen LogP contribution in [0.4, 0.5) is 18.9 Å². The van der Waals surface area contributed by atoms with Crippen LogP contribution in [0.2, 0.25) is 5.02 Å². The molecule has 0 aliphatic carbocycles. The number of hydrogen-bond donors (Lipinski definition) is 1. The zero-order valence-corrected chi connectivity index (χ0v) is 28.7. The van der Waals surface area contributed by atoms with Gasteiger partial charge in [0.1, 0.15) is 5.75 Å². The van der Waals surface area contributed by atoms with Crippen molar-refractivity contribution in [1.29, 1.82) is 0 Å². The number of fused-ring (bicyclic) bond motifs is 1. The van der Waals surface area contributed by atoms with Crippen molar-refractivity contribution in [3.05, 3.63) is 70.2 Å². The van der Waals surface area contributed by atoms with Crippen LogP contribution in [-0.4, -0.2) is 95.6 Å². The van der Waals surface area contributed by atoms with Crippen LogP contribution in [0.15, 0.2) is 53.4 Å². The zero-order valence-electron chi connectivity index (χ0n) is 27.2. The predicted octanol–water partition coefficient (Wildman–Crippen LogP) is 4.08. The first-order valence-corrected chi connectivity index (χ1v) is 16.5. The van der Waals surface area contributed by atoms with Crippen molar-refractivity contribution in [2.75, 3.05) is 46.3 Å². The third-order valence-electron chi connectivity index (χ3n) is 8.42. The quantitative estimate of drug-likeness (QED) is 0.344. The van der Waals surface area contributed by atoms with Crippen molar-refractivity contribution in [1.82, 2.24) is 9.80 Å². The summed E-state index contributed by atoms with van der Waals surface area (Å²) in [6.45, 7) is 1.48. The lowest BCUT2D eigenvalue weighted by Crippen LogP contribution is -2.59. The summed E-state index contributed by atoms with van der Waals surface area (Å²) in [5, 5.41) is 11.1. The number of halogens is 4. The molecule has 2 aliphatic heterocycles. The number of amides is 2. The summed E-state index contributed by atoms with van der Waals surface area (Å²) in [6, 6.07) is 9.20. The van der Waals surface area contributed by atoms with Crippen LogP contribution < -0.4 is 23.3 Å². The van der Waals surface area contributed by atoms with Crippen molar-refractivity contribution < 1.29 is 55.2 Å². The van der Waals surface area contributed by atoms with E-state index in [9.17, 15) is 31.5 Å². The smallest absolute Gasteiger partial charge is 0.496 e. The summed E-state index contributed by atoms with van der Waals surface area (Å²) in [7, 11) is 1.35. The molecule has 3 aromatic carbocycles. The molecule has 0 bridgehead atoms. The second kappa shape index (κ2) is 12.9. The molecule has 264 valence electrons. The molecule has 12 nitrogen and oxygen atoms in total. The lowest BCUT2D eigenvalue weighted by Gasteiger charge is -2.42. The number of likely N-dealkylation sites (N-methyl/N-ethyl adjacent to an activating group) is 1. The summed E-state index contributed by atoms with van der Waals surface area (Å²) in [6.07, 6.45) is -6.47. The molecule has 49 heavy (non-hydrogen) atoms. The molecule has 2 amide bonds. The van der Waals surface area contributed by atoms with Gasteiger partial charge in [-0.05, 0) is 43.7 Å². The Morgan fingerprint density at radius 2 is 1.63 bits per heavy atom. The Morgan fingerprint density at radius 1 is 0.980 bits per heavy atom. The average molecular weight is 728 g/mol. The summed E-state index contributed by atoms with van der Waals surface area (Å²) in [5.41, 5.74) is -1.57. The van der Waals surface area contributed by atoms with Gasteiger partial charge < -0.3 is 29.0 Å². The Labute approximate surface area is 285 Å². The summed E-state index contributed by atoms with van der Waals surface area (Å²) >= 11 is 6.50. The second-order valence-corrected chi connectivity index (χ2v) is 13.9. The topological polar surface area (TPSA) is 135 Å². The van der Waals surface area contributed by atoms with E-state index in [1.54, 1.807) is 25.1 Å². The van der Waals surface area contributed by atoms with E-state index < -0.39 is 68.0 Å². The van der Waals surface area contributed by atoms with Gasteiger partial charge in [0.05, 0.1) is 44.1 Å². The molecule has 0 radical (unpaired) electrons. The Balaban J connectivity index is 1.87. The summed E-state index contributed by atoms with van der Waals surface area (Å²) < 4.78 is 90.2. The summed E-state index contributed by atoms with van der Waals surface area (Å²) in [5.74, 6) is -3.48. The largest absolute Gasteiger partial charge is 0.573 e. The molecule has 1 saturated heterocycles. The molecular weight excluding hydrogens is 695 g/mol. The van der Waals surface area contributed by atoms with E-state index in [1.807, 2.05) is 0 Å². The molecule has 1 N–H and O–H groups in total. The highest BCUT2D eigenvalue weighted by atomic mass is 35.5. The van der Waals surface area contributed by atoms with Gasteiger partial charge in [-0.15, -0.1) is 13.2 Å². The highest BCUT2D eigenvalue weighted by Crippen LogP contribution is 2.55. The van der Waals surface area contributed by atoms with E-state index in [0.717, 1.165) is 20.3 Å². The minimum Gasteiger partial charge on any atom is -0.496 e. The maximum atomic E-state index is 15.4. The number of methoxy groups -OCH3 is 3.